The third-order valence-corrected chi connectivity index (χ3v) is 3.10. The van der Waals surface area contributed by atoms with E-state index < -0.39 is 0 Å². The van der Waals surface area contributed by atoms with Gasteiger partial charge >= 0.3 is 0 Å². The summed E-state index contributed by atoms with van der Waals surface area (Å²) in [6.45, 7) is 4.90. The number of benzene rings is 2. The Kier molecular flexibility index (Phi) is 4.46. The molecule has 0 amide bonds. The van der Waals surface area contributed by atoms with Crippen molar-refractivity contribution in [2.45, 2.75) is 20.4 Å². The fourth-order valence-corrected chi connectivity index (χ4v) is 2.30. The van der Waals surface area contributed by atoms with E-state index >= 15 is 0 Å². The molecule has 0 saturated heterocycles. The fraction of sp³-hybridized carbons (Fsp3) is 0.250. The maximum atomic E-state index is 6.24. The first-order valence-corrected chi connectivity index (χ1v) is 6.65. The molecule has 0 aromatic heterocycles. The summed E-state index contributed by atoms with van der Waals surface area (Å²) < 4.78 is 5.85. The topological polar surface area (TPSA) is 21.3 Å². The van der Waals surface area contributed by atoms with Gasteiger partial charge in [-0.3, -0.25) is 0 Å². The van der Waals surface area contributed by atoms with Gasteiger partial charge in [0, 0.05) is 6.54 Å². The second-order valence-corrected chi connectivity index (χ2v) is 5.13. The Balaban J connectivity index is 2.23. The molecule has 0 aliphatic rings. The predicted octanol–water partition coefficient (Wildman–Crippen LogP) is 4.47. The third-order valence-electron chi connectivity index (χ3n) is 2.80. The van der Waals surface area contributed by atoms with Crippen LogP contribution in [0.2, 0.25) is 5.02 Å². The summed E-state index contributed by atoms with van der Waals surface area (Å²) in [5.74, 6) is 1.51. The number of ether oxygens (including phenoxy) is 1. The lowest BCUT2D eigenvalue weighted by Crippen LogP contribution is -2.04. The van der Waals surface area contributed by atoms with Crippen LogP contribution in [0.1, 0.15) is 16.7 Å². The van der Waals surface area contributed by atoms with Crippen molar-refractivity contribution in [1.82, 2.24) is 5.32 Å². The maximum absolute atomic E-state index is 6.24. The highest BCUT2D eigenvalue weighted by atomic mass is 35.5. The molecule has 0 aliphatic carbocycles. The van der Waals surface area contributed by atoms with E-state index in [-0.39, 0.29) is 0 Å². The summed E-state index contributed by atoms with van der Waals surface area (Å²) >= 11 is 6.24. The number of rotatable bonds is 4. The average Bonchev–Trinajstić information content (AvgIpc) is 2.32. The average molecular weight is 276 g/mol. The van der Waals surface area contributed by atoms with Gasteiger partial charge in [-0.2, -0.15) is 0 Å². The van der Waals surface area contributed by atoms with E-state index in [0.29, 0.717) is 10.8 Å². The largest absolute Gasteiger partial charge is 0.456 e. The minimum atomic E-state index is 0.631. The van der Waals surface area contributed by atoms with Gasteiger partial charge in [0.25, 0.3) is 0 Å². The Labute approximate surface area is 119 Å². The molecule has 0 heterocycles. The van der Waals surface area contributed by atoms with Crippen LogP contribution >= 0.6 is 11.6 Å². The maximum Gasteiger partial charge on any atom is 0.146 e. The lowest BCUT2D eigenvalue weighted by atomic mass is 10.1. The Morgan fingerprint density at radius 3 is 2.32 bits per heavy atom. The van der Waals surface area contributed by atoms with Crippen molar-refractivity contribution in [2.24, 2.45) is 0 Å². The van der Waals surface area contributed by atoms with Gasteiger partial charge in [0.05, 0.1) is 5.02 Å². The van der Waals surface area contributed by atoms with Crippen LogP contribution in [0.3, 0.4) is 0 Å². The normalized spacial score (nSPS) is 10.5. The molecule has 0 unspecified atom stereocenters. The zero-order chi connectivity index (χ0) is 13.8. The molecule has 100 valence electrons. The lowest BCUT2D eigenvalue weighted by molar-refractivity contribution is 0.482. The zero-order valence-corrected chi connectivity index (χ0v) is 12.2. The van der Waals surface area contributed by atoms with E-state index in [1.165, 1.54) is 11.1 Å². The first-order valence-electron chi connectivity index (χ1n) is 6.27. The Hall–Kier alpha value is -1.51. The van der Waals surface area contributed by atoms with Gasteiger partial charge in [-0.05, 0) is 61.9 Å². The quantitative estimate of drug-likeness (QED) is 0.889. The van der Waals surface area contributed by atoms with E-state index in [1.54, 1.807) is 0 Å². The minimum absolute atomic E-state index is 0.631. The Morgan fingerprint density at radius 2 is 1.74 bits per heavy atom. The molecule has 2 aromatic carbocycles. The van der Waals surface area contributed by atoms with E-state index in [0.717, 1.165) is 17.9 Å². The molecule has 0 bridgehead atoms. The second-order valence-electron chi connectivity index (χ2n) is 4.72. The smallest absolute Gasteiger partial charge is 0.146 e. The van der Waals surface area contributed by atoms with Crippen molar-refractivity contribution in [1.29, 1.82) is 0 Å². The van der Waals surface area contributed by atoms with E-state index in [9.17, 15) is 0 Å². The summed E-state index contributed by atoms with van der Waals surface area (Å²) in [5, 5.41) is 3.73. The van der Waals surface area contributed by atoms with Crippen molar-refractivity contribution in [3.63, 3.8) is 0 Å². The Bertz CT molecular complexity index is 561. The predicted molar refractivity (Wildman–Crippen MR) is 80.2 cm³/mol. The molecule has 0 saturated carbocycles. The van der Waals surface area contributed by atoms with Gasteiger partial charge in [-0.1, -0.05) is 23.7 Å². The number of nitrogens with one attached hydrogen (secondary N) is 1. The van der Waals surface area contributed by atoms with E-state index in [1.807, 2.05) is 37.4 Å². The highest BCUT2D eigenvalue weighted by Crippen LogP contribution is 2.31. The number of hydrogen-bond donors (Lipinski definition) is 1. The minimum Gasteiger partial charge on any atom is -0.456 e. The number of hydrogen-bond acceptors (Lipinski definition) is 2. The summed E-state index contributed by atoms with van der Waals surface area (Å²) in [4.78, 5) is 0. The van der Waals surface area contributed by atoms with Gasteiger partial charge < -0.3 is 10.1 Å². The molecule has 1 N–H and O–H groups in total. The monoisotopic (exact) mass is 275 g/mol. The molecular weight excluding hydrogens is 258 g/mol. The van der Waals surface area contributed by atoms with Crippen molar-refractivity contribution in [3.05, 3.63) is 58.1 Å². The van der Waals surface area contributed by atoms with Crippen molar-refractivity contribution >= 4 is 11.6 Å². The molecule has 2 aromatic rings. The van der Waals surface area contributed by atoms with Crippen molar-refractivity contribution < 1.29 is 4.74 Å². The Morgan fingerprint density at radius 1 is 1.05 bits per heavy atom. The van der Waals surface area contributed by atoms with Gasteiger partial charge in [0.2, 0.25) is 0 Å². The number of aryl methyl sites for hydroxylation is 2. The summed E-state index contributed by atoms with van der Waals surface area (Å²) in [5.41, 5.74) is 3.50. The highest BCUT2D eigenvalue weighted by Gasteiger charge is 2.05. The SMILES string of the molecule is CNCc1ccc(Oc2cc(C)cc(C)c2)c(Cl)c1. The van der Waals surface area contributed by atoms with Crippen LogP contribution in [0, 0.1) is 13.8 Å². The molecule has 0 aliphatic heterocycles. The van der Waals surface area contributed by atoms with Crippen LogP contribution in [-0.4, -0.2) is 7.05 Å². The molecule has 0 fully saturated rings. The third kappa shape index (κ3) is 3.72. The summed E-state index contributed by atoms with van der Waals surface area (Å²) in [7, 11) is 1.91. The highest BCUT2D eigenvalue weighted by molar-refractivity contribution is 6.32. The van der Waals surface area contributed by atoms with Gasteiger partial charge in [0.15, 0.2) is 0 Å². The van der Waals surface area contributed by atoms with Crippen LogP contribution in [0.5, 0.6) is 11.5 Å². The van der Waals surface area contributed by atoms with Gasteiger partial charge in [0.1, 0.15) is 11.5 Å². The molecular formula is C16H18ClNO. The van der Waals surface area contributed by atoms with E-state index in [2.05, 4.69) is 25.2 Å². The zero-order valence-electron chi connectivity index (χ0n) is 11.5. The van der Waals surface area contributed by atoms with Crippen molar-refractivity contribution in [3.8, 4) is 11.5 Å². The van der Waals surface area contributed by atoms with E-state index in [4.69, 9.17) is 16.3 Å². The summed E-state index contributed by atoms with van der Waals surface area (Å²) in [6.07, 6.45) is 0. The first kappa shape index (κ1) is 13.9. The number of halogens is 1. The molecule has 3 heteroatoms. The molecule has 2 rings (SSSR count). The molecule has 0 radical (unpaired) electrons. The fourth-order valence-electron chi connectivity index (χ4n) is 2.06. The second kappa shape index (κ2) is 6.09. The molecule has 0 atom stereocenters. The van der Waals surface area contributed by atoms with Gasteiger partial charge in [-0.15, -0.1) is 0 Å². The van der Waals surface area contributed by atoms with Gasteiger partial charge in [-0.25, -0.2) is 0 Å². The van der Waals surface area contributed by atoms with Crippen molar-refractivity contribution in [2.75, 3.05) is 7.05 Å². The first-order chi connectivity index (χ1) is 9.08. The standard InChI is InChI=1S/C16H18ClNO/c1-11-6-12(2)8-14(7-11)19-16-5-4-13(10-18-3)9-15(16)17/h4-9,18H,10H2,1-3H3. The lowest BCUT2D eigenvalue weighted by Gasteiger charge is -2.10. The molecule has 19 heavy (non-hydrogen) atoms. The van der Waals surface area contributed by atoms with Crippen LogP contribution in [0.15, 0.2) is 36.4 Å². The van der Waals surface area contributed by atoms with Crippen LogP contribution < -0.4 is 10.1 Å². The van der Waals surface area contributed by atoms with Crippen LogP contribution in [0.4, 0.5) is 0 Å². The van der Waals surface area contributed by atoms with Crippen LogP contribution in [0.25, 0.3) is 0 Å². The summed E-state index contributed by atoms with van der Waals surface area (Å²) in [6, 6.07) is 12.0. The molecule has 0 spiro atoms. The van der Waals surface area contributed by atoms with Crippen LogP contribution in [-0.2, 0) is 6.54 Å². The molecule has 2 nitrogen and oxygen atoms in total.